The van der Waals surface area contributed by atoms with Crippen molar-refractivity contribution < 1.29 is 22.7 Å². The molecule has 1 saturated heterocycles. The molecule has 0 spiro atoms. The molecule has 0 unspecified atom stereocenters. The highest BCUT2D eigenvalue weighted by atomic mass is 35.5. The summed E-state index contributed by atoms with van der Waals surface area (Å²) in [6.07, 6.45) is -0.874. The Bertz CT molecular complexity index is 2320. The van der Waals surface area contributed by atoms with E-state index < -0.39 is 40.2 Å². The van der Waals surface area contributed by atoms with Crippen LogP contribution in [0.5, 0.6) is 0 Å². The van der Waals surface area contributed by atoms with Crippen LogP contribution in [-0.4, -0.2) is 64.6 Å². The van der Waals surface area contributed by atoms with Gasteiger partial charge in [-0.15, -0.1) is 0 Å². The van der Waals surface area contributed by atoms with Crippen molar-refractivity contribution in [3.63, 3.8) is 0 Å². The summed E-state index contributed by atoms with van der Waals surface area (Å²) < 4.78 is 36.6. The van der Waals surface area contributed by atoms with E-state index >= 15 is 0 Å². The monoisotopic (exact) mass is 749 g/mol. The van der Waals surface area contributed by atoms with Crippen molar-refractivity contribution in [1.82, 2.24) is 13.8 Å². The average molecular weight is 750 g/mol. The third kappa shape index (κ3) is 8.05. The van der Waals surface area contributed by atoms with Gasteiger partial charge in [-0.3, -0.25) is 4.79 Å². The number of benzene rings is 4. The van der Waals surface area contributed by atoms with Crippen LogP contribution in [0.2, 0.25) is 5.02 Å². The number of amides is 1. The fourth-order valence-electron chi connectivity index (χ4n) is 6.39. The van der Waals surface area contributed by atoms with E-state index in [1.54, 1.807) is 49.9 Å². The van der Waals surface area contributed by atoms with Crippen LogP contribution in [0.25, 0.3) is 10.9 Å². The highest BCUT2D eigenvalue weighted by molar-refractivity contribution is 7.89. The number of fused-ring (bicyclic) bond motifs is 1. The number of nitriles is 1. The Kier molecular flexibility index (Phi) is 10.6. The van der Waals surface area contributed by atoms with Gasteiger partial charge < -0.3 is 9.64 Å². The van der Waals surface area contributed by atoms with Gasteiger partial charge in [0, 0.05) is 40.7 Å². The van der Waals surface area contributed by atoms with Crippen LogP contribution in [0.1, 0.15) is 56.9 Å². The number of hydrogen-bond donors (Lipinski definition) is 0. The second-order valence-corrected chi connectivity index (χ2v) is 16.6. The molecule has 0 bridgehead atoms. The number of nitrogens with zero attached hydrogens (tertiary/aromatic N) is 5. The molecule has 2 heterocycles. The summed E-state index contributed by atoms with van der Waals surface area (Å²) in [6, 6.07) is 32.6. The number of halogens is 1. The van der Waals surface area contributed by atoms with Crippen molar-refractivity contribution in [2.24, 2.45) is 10.9 Å². The first-order valence-electron chi connectivity index (χ1n) is 17.2. The van der Waals surface area contributed by atoms with Gasteiger partial charge in [-0.1, -0.05) is 98.2 Å². The molecule has 0 aliphatic carbocycles. The predicted octanol–water partition coefficient (Wildman–Crippen LogP) is 8.18. The Morgan fingerprint density at radius 1 is 0.962 bits per heavy atom. The molecule has 1 fully saturated rings. The fourth-order valence-corrected chi connectivity index (χ4v) is 8.13. The van der Waals surface area contributed by atoms with Crippen LogP contribution in [0.3, 0.4) is 0 Å². The summed E-state index contributed by atoms with van der Waals surface area (Å²) in [5.41, 5.74) is 3.40. The molecular weight excluding hydrogens is 710 g/mol. The Balaban J connectivity index is 1.34. The zero-order valence-electron chi connectivity index (χ0n) is 30.2. The van der Waals surface area contributed by atoms with Crippen LogP contribution in [0, 0.1) is 17.2 Å². The largest absolute Gasteiger partial charge is 0.443 e. The van der Waals surface area contributed by atoms with Gasteiger partial charge in [0.25, 0.3) is 10.0 Å². The van der Waals surface area contributed by atoms with Gasteiger partial charge in [0.1, 0.15) is 11.7 Å². The van der Waals surface area contributed by atoms with E-state index in [4.69, 9.17) is 21.3 Å². The average Bonchev–Trinajstić information content (AvgIpc) is 3.51. The van der Waals surface area contributed by atoms with E-state index in [0.717, 1.165) is 25.6 Å². The van der Waals surface area contributed by atoms with E-state index in [2.05, 4.69) is 6.07 Å². The molecule has 0 N–H and O–H groups in total. The lowest BCUT2D eigenvalue weighted by Crippen LogP contribution is -2.59. The number of piperazine rings is 1. The molecule has 1 aliphatic heterocycles. The third-order valence-corrected chi connectivity index (χ3v) is 11.0. The maximum absolute atomic E-state index is 14.4. The maximum Gasteiger partial charge on any atom is 0.420 e. The zero-order chi connectivity index (χ0) is 38.1. The van der Waals surface area contributed by atoms with Crippen molar-refractivity contribution in [2.75, 3.05) is 13.1 Å². The molecule has 1 aliphatic rings. The number of hydrogen-bond acceptors (Lipinski definition) is 7. The summed E-state index contributed by atoms with van der Waals surface area (Å²) >= 11 is 6.27. The summed E-state index contributed by atoms with van der Waals surface area (Å²) in [6.45, 7) is 8.67. The Morgan fingerprint density at radius 2 is 1.60 bits per heavy atom. The number of ether oxygens (including phenoxy) is 1. The first-order valence-corrected chi connectivity index (χ1v) is 19.0. The molecule has 53 heavy (non-hydrogen) atoms. The molecule has 0 radical (unpaired) electrons. The van der Waals surface area contributed by atoms with E-state index in [1.807, 2.05) is 80.6 Å². The number of aromatic nitrogens is 1. The van der Waals surface area contributed by atoms with Crippen LogP contribution in [-0.2, 0) is 26.1 Å². The van der Waals surface area contributed by atoms with Gasteiger partial charge in [-0.2, -0.15) is 9.57 Å². The standard InChI is InChI=1S/C41H40ClN5O5S/c1-27(2)36-25-45(53(50,51)38-21-31-18-19-33(42)22-35(31)47(38)40(49)52-41(3,4)5)26-37(48)46(36)24-28-16-17-32(23-43)34(20-28)44-39(29-12-8-6-9-13-29)30-14-10-7-11-15-30/h6-22,27,36H,24-26H2,1-5H3/t36-/m1/s1. The van der Waals surface area contributed by atoms with Gasteiger partial charge in [0.15, 0.2) is 5.03 Å². The van der Waals surface area contributed by atoms with Gasteiger partial charge in [0.2, 0.25) is 5.91 Å². The SMILES string of the molecule is CC(C)[C@H]1CN(S(=O)(=O)c2cc3ccc(Cl)cc3n2C(=O)OC(C)(C)C)CC(=O)N1Cc1ccc(C#N)c(N=C(c2ccccc2)c2ccccc2)c1. The normalized spacial score (nSPS) is 15.4. The molecule has 5 aromatic rings. The van der Waals surface area contributed by atoms with Gasteiger partial charge >= 0.3 is 6.09 Å². The summed E-state index contributed by atoms with van der Waals surface area (Å²) in [5.74, 6) is -0.531. The van der Waals surface area contributed by atoms with Gasteiger partial charge in [-0.25, -0.2) is 22.8 Å². The molecule has 1 aromatic heterocycles. The zero-order valence-corrected chi connectivity index (χ0v) is 31.7. The highest BCUT2D eigenvalue weighted by Gasteiger charge is 2.42. The molecule has 272 valence electrons. The van der Waals surface area contributed by atoms with Crippen LogP contribution in [0.4, 0.5) is 10.5 Å². The lowest BCUT2D eigenvalue weighted by atomic mass is 9.99. The lowest BCUT2D eigenvalue weighted by molar-refractivity contribution is -0.139. The first-order chi connectivity index (χ1) is 25.2. The summed E-state index contributed by atoms with van der Waals surface area (Å²) in [5, 5.41) is 10.5. The number of sulfonamides is 1. The van der Waals surface area contributed by atoms with Crippen molar-refractivity contribution in [3.05, 3.63) is 130 Å². The minimum Gasteiger partial charge on any atom is -0.443 e. The minimum absolute atomic E-state index is 0.00418. The van der Waals surface area contributed by atoms with E-state index in [1.165, 1.54) is 12.1 Å². The van der Waals surface area contributed by atoms with Crippen molar-refractivity contribution >= 4 is 55.9 Å². The van der Waals surface area contributed by atoms with Gasteiger partial charge in [0.05, 0.1) is 29.0 Å². The molecule has 0 saturated carbocycles. The number of carbonyl (C=O) groups is 2. The molecule has 1 atom stereocenters. The molecule has 4 aromatic carbocycles. The molecule has 12 heteroatoms. The van der Waals surface area contributed by atoms with E-state index in [0.29, 0.717) is 27.4 Å². The first kappa shape index (κ1) is 37.5. The van der Waals surface area contributed by atoms with Crippen molar-refractivity contribution in [3.8, 4) is 6.07 Å². The van der Waals surface area contributed by atoms with Crippen LogP contribution >= 0.6 is 11.6 Å². The summed E-state index contributed by atoms with van der Waals surface area (Å²) in [7, 11) is -4.39. The lowest BCUT2D eigenvalue weighted by Gasteiger charge is -2.42. The Hall–Kier alpha value is -5.28. The quantitative estimate of drug-likeness (QED) is 0.147. The van der Waals surface area contributed by atoms with Crippen molar-refractivity contribution in [2.45, 2.75) is 57.8 Å². The molecule has 10 nitrogen and oxygen atoms in total. The maximum atomic E-state index is 14.4. The Morgan fingerprint density at radius 3 is 2.19 bits per heavy atom. The predicted molar refractivity (Wildman–Crippen MR) is 206 cm³/mol. The fraction of sp³-hybridized carbons (Fsp3) is 0.268. The smallest absolute Gasteiger partial charge is 0.420 e. The highest BCUT2D eigenvalue weighted by Crippen LogP contribution is 2.32. The molecule has 1 amide bonds. The minimum atomic E-state index is -4.39. The number of carbonyl (C=O) groups excluding carboxylic acids is 2. The van der Waals surface area contributed by atoms with Crippen molar-refractivity contribution in [1.29, 1.82) is 5.26 Å². The topological polar surface area (TPSA) is 125 Å². The number of aliphatic imine (C=N–C) groups is 1. The molecule has 6 rings (SSSR count). The van der Waals surface area contributed by atoms with Crippen LogP contribution < -0.4 is 0 Å². The second kappa shape index (κ2) is 15.0. The Labute approximate surface area is 314 Å². The van der Waals surface area contributed by atoms with Gasteiger partial charge in [-0.05, 0) is 62.6 Å². The second-order valence-electron chi connectivity index (χ2n) is 14.3. The van der Waals surface area contributed by atoms with Crippen LogP contribution in [0.15, 0.2) is 113 Å². The summed E-state index contributed by atoms with van der Waals surface area (Å²) in [4.78, 5) is 34.2. The third-order valence-electron chi connectivity index (χ3n) is 8.97. The van der Waals surface area contributed by atoms with E-state index in [-0.39, 0.29) is 29.6 Å². The number of rotatable bonds is 8. The molecular formula is C41H40ClN5O5S. The van der Waals surface area contributed by atoms with E-state index in [9.17, 15) is 23.3 Å².